The molecular weight excluding hydrogens is 310 g/mol. The molecule has 2 aromatic carbocycles. The van der Waals surface area contributed by atoms with E-state index in [2.05, 4.69) is 0 Å². The second kappa shape index (κ2) is 6.05. The van der Waals surface area contributed by atoms with Gasteiger partial charge in [0.2, 0.25) is 0 Å². The number of halogens is 1. The molecule has 0 bridgehead atoms. The lowest BCUT2D eigenvalue weighted by Crippen LogP contribution is -2.04. The van der Waals surface area contributed by atoms with Gasteiger partial charge in [-0.3, -0.25) is 0 Å². The Hall–Kier alpha value is -1.56. The maximum Gasteiger partial charge on any atom is 0.175 e. The predicted octanol–water partition coefficient (Wildman–Crippen LogP) is 3.56. The molecule has 0 radical (unpaired) electrons. The first-order valence-electron chi connectivity index (χ1n) is 6.30. The monoisotopic (exact) mass is 325 g/mol. The fraction of sp³-hybridized carbons (Fsp3) is 0.200. The van der Waals surface area contributed by atoms with E-state index in [1.807, 2.05) is 13.0 Å². The Balaban J connectivity index is 2.31. The first-order chi connectivity index (χ1) is 9.77. The maximum absolute atomic E-state index is 11.5. The lowest BCUT2D eigenvalue weighted by Gasteiger charge is -2.11. The molecule has 1 atom stereocenters. The van der Waals surface area contributed by atoms with Crippen LogP contribution in [0.2, 0.25) is 5.02 Å². The highest BCUT2D eigenvalue weighted by Gasteiger charge is 2.10. The van der Waals surface area contributed by atoms with Gasteiger partial charge in [0, 0.05) is 12.3 Å². The molecule has 6 heteroatoms. The fourth-order valence-electron chi connectivity index (χ4n) is 1.78. The van der Waals surface area contributed by atoms with Crippen LogP contribution >= 0.6 is 11.6 Å². The lowest BCUT2D eigenvalue weighted by atomic mass is 10.1. The largest absolute Gasteiger partial charge is 0.456 e. The van der Waals surface area contributed by atoms with Crippen LogP contribution in [0.4, 0.5) is 0 Å². The fourth-order valence-corrected chi connectivity index (χ4v) is 2.66. The van der Waals surface area contributed by atoms with Gasteiger partial charge in [0.25, 0.3) is 0 Å². The van der Waals surface area contributed by atoms with Crippen molar-refractivity contribution in [2.45, 2.75) is 17.9 Å². The van der Waals surface area contributed by atoms with E-state index in [-0.39, 0.29) is 10.9 Å². The zero-order chi connectivity index (χ0) is 15.6. The van der Waals surface area contributed by atoms with Crippen LogP contribution in [0.3, 0.4) is 0 Å². The summed E-state index contributed by atoms with van der Waals surface area (Å²) >= 11 is 6.15. The summed E-state index contributed by atoms with van der Waals surface area (Å²) in [7, 11) is -3.28. The van der Waals surface area contributed by atoms with E-state index in [0.717, 1.165) is 11.8 Å². The summed E-state index contributed by atoms with van der Waals surface area (Å²) in [5.41, 5.74) is 6.69. The van der Waals surface area contributed by atoms with Gasteiger partial charge in [-0.2, -0.15) is 0 Å². The lowest BCUT2D eigenvalue weighted by molar-refractivity contribution is 0.480. The number of nitrogens with two attached hydrogens (primary N) is 1. The van der Waals surface area contributed by atoms with Crippen molar-refractivity contribution in [2.24, 2.45) is 5.73 Å². The normalized spacial score (nSPS) is 13.0. The van der Waals surface area contributed by atoms with Crippen molar-refractivity contribution in [3.63, 3.8) is 0 Å². The van der Waals surface area contributed by atoms with Crippen LogP contribution in [0.25, 0.3) is 0 Å². The van der Waals surface area contributed by atoms with Crippen LogP contribution in [0.1, 0.15) is 18.5 Å². The maximum atomic E-state index is 11.5. The Morgan fingerprint density at radius 2 is 1.90 bits per heavy atom. The summed E-state index contributed by atoms with van der Waals surface area (Å²) in [6.07, 6.45) is 1.15. The van der Waals surface area contributed by atoms with E-state index in [9.17, 15) is 8.42 Å². The number of benzene rings is 2. The van der Waals surface area contributed by atoms with Gasteiger partial charge in [-0.05, 0) is 42.8 Å². The Kier molecular flexibility index (Phi) is 4.56. The molecule has 0 amide bonds. The SMILES string of the molecule is C[C@H](N)c1ccc(Oc2cccc(S(C)(=O)=O)c2)c(Cl)c1. The van der Waals surface area contributed by atoms with Gasteiger partial charge < -0.3 is 10.5 Å². The van der Waals surface area contributed by atoms with Crippen LogP contribution in [-0.2, 0) is 9.84 Å². The van der Waals surface area contributed by atoms with Crippen LogP contribution in [-0.4, -0.2) is 14.7 Å². The highest BCUT2D eigenvalue weighted by molar-refractivity contribution is 7.90. The molecule has 0 aliphatic heterocycles. The molecule has 0 aliphatic carbocycles. The van der Waals surface area contributed by atoms with E-state index in [4.69, 9.17) is 22.1 Å². The van der Waals surface area contributed by atoms with Gasteiger partial charge in [0.05, 0.1) is 9.92 Å². The second-order valence-electron chi connectivity index (χ2n) is 4.83. The van der Waals surface area contributed by atoms with Crippen molar-refractivity contribution in [2.75, 3.05) is 6.26 Å². The molecule has 0 heterocycles. The number of sulfone groups is 1. The Morgan fingerprint density at radius 1 is 1.19 bits per heavy atom. The highest BCUT2D eigenvalue weighted by atomic mass is 35.5. The molecule has 0 fully saturated rings. The first-order valence-corrected chi connectivity index (χ1v) is 8.57. The molecule has 0 saturated carbocycles. The number of hydrogen-bond donors (Lipinski definition) is 1. The first kappa shape index (κ1) is 15.8. The van der Waals surface area contributed by atoms with Crippen molar-refractivity contribution in [3.8, 4) is 11.5 Å². The molecule has 4 nitrogen and oxygen atoms in total. The average Bonchev–Trinajstić information content (AvgIpc) is 2.40. The minimum Gasteiger partial charge on any atom is -0.456 e. The summed E-state index contributed by atoms with van der Waals surface area (Å²) in [5, 5.41) is 0.426. The van der Waals surface area contributed by atoms with Crippen molar-refractivity contribution < 1.29 is 13.2 Å². The van der Waals surface area contributed by atoms with E-state index >= 15 is 0 Å². The molecule has 0 unspecified atom stereocenters. The van der Waals surface area contributed by atoms with Crippen molar-refractivity contribution >= 4 is 21.4 Å². The predicted molar refractivity (Wildman–Crippen MR) is 83.7 cm³/mol. The van der Waals surface area contributed by atoms with Gasteiger partial charge in [0.1, 0.15) is 11.5 Å². The molecular formula is C15H16ClNO3S. The van der Waals surface area contributed by atoms with Gasteiger partial charge in [-0.15, -0.1) is 0 Å². The molecule has 0 aliphatic rings. The van der Waals surface area contributed by atoms with Crippen LogP contribution in [0.5, 0.6) is 11.5 Å². The van der Waals surface area contributed by atoms with Crippen LogP contribution in [0, 0.1) is 0 Å². The standard InChI is InChI=1S/C15H16ClNO3S/c1-10(17)11-6-7-15(14(16)8-11)20-12-4-3-5-13(9-12)21(2,18)19/h3-10H,17H2,1-2H3/t10-/m0/s1. The zero-order valence-electron chi connectivity index (χ0n) is 11.7. The molecule has 21 heavy (non-hydrogen) atoms. The van der Waals surface area contributed by atoms with Crippen molar-refractivity contribution in [1.29, 1.82) is 0 Å². The molecule has 2 rings (SSSR count). The van der Waals surface area contributed by atoms with Gasteiger partial charge in [-0.1, -0.05) is 23.7 Å². The molecule has 2 aromatic rings. The van der Waals surface area contributed by atoms with Gasteiger partial charge >= 0.3 is 0 Å². The second-order valence-corrected chi connectivity index (χ2v) is 7.25. The zero-order valence-corrected chi connectivity index (χ0v) is 13.3. The summed E-state index contributed by atoms with van der Waals surface area (Å²) in [4.78, 5) is 0.198. The summed E-state index contributed by atoms with van der Waals surface area (Å²) in [5.74, 6) is 0.861. The summed E-state index contributed by atoms with van der Waals surface area (Å²) in [6.45, 7) is 1.86. The minimum absolute atomic E-state index is 0.120. The number of ether oxygens (including phenoxy) is 1. The highest BCUT2D eigenvalue weighted by Crippen LogP contribution is 2.32. The van der Waals surface area contributed by atoms with E-state index in [1.165, 1.54) is 12.1 Å². The molecule has 0 aromatic heterocycles. The van der Waals surface area contributed by atoms with Gasteiger partial charge in [-0.25, -0.2) is 8.42 Å². The third-order valence-electron chi connectivity index (χ3n) is 2.94. The Bertz CT molecular complexity index is 757. The quantitative estimate of drug-likeness (QED) is 0.933. The van der Waals surface area contributed by atoms with Crippen LogP contribution in [0.15, 0.2) is 47.4 Å². The van der Waals surface area contributed by atoms with Crippen molar-refractivity contribution in [1.82, 2.24) is 0 Å². The van der Waals surface area contributed by atoms with E-state index in [1.54, 1.807) is 24.3 Å². The molecule has 112 valence electrons. The summed E-state index contributed by atoms with van der Waals surface area (Å²) < 4.78 is 28.7. The van der Waals surface area contributed by atoms with Crippen molar-refractivity contribution in [3.05, 3.63) is 53.1 Å². The third-order valence-corrected chi connectivity index (χ3v) is 4.35. The summed E-state index contributed by atoms with van der Waals surface area (Å²) in [6, 6.07) is 11.4. The Labute approximate surface area is 129 Å². The smallest absolute Gasteiger partial charge is 0.175 e. The topological polar surface area (TPSA) is 69.4 Å². The molecule has 2 N–H and O–H groups in total. The van der Waals surface area contributed by atoms with E-state index in [0.29, 0.717) is 16.5 Å². The number of hydrogen-bond acceptors (Lipinski definition) is 4. The number of rotatable bonds is 4. The molecule has 0 saturated heterocycles. The average molecular weight is 326 g/mol. The van der Waals surface area contributed by atoms with Gasteiger partial charge in [0.15, 0.2) is 9.84 Å². The molecule has 0 spiro atoms. The third kappa shape index (κ3) is 3.97. The van der Waals surface area contributed by atoms with Crippen LogP contribution < -0.4 is 10.5 Å². The van der Waals surface area contributed by atoms with E-state index < -0.39 is 9.84 Å². The Morgan fingerprint density at radius 3 is 2.48 bits per heavy atom. The minimum atomic E-state index is -3.28.